The number of ether oxygens (including phenoxy) is 1. The van der Waals surface area contributed by atoms with Gasteiger partial charge in [0.1, 0.15) is 16.9 Å². The maximum atomic E-state index is 12.2. The first-order valence-electron chi connectivity index (χ1n) is 5.44. The molecule has 0 aliphatic carbocycles. The predicted octanol–water partition coefficient (Wildman–Crippen LogP) is 1.75. The van der Waals surface area contributed by atoms with Gasteiger partial charge in [0.05, 0.1) is 17.6 Å². The van der Waals surface area contributed by atoms with Crippen molar-refractivity contribution in [3.8, 4) is 0 Å². The van der Waals surface area contributed by atoms with Gasteiger partial charge in [-0.25, -0.2) is 4.98 Å². The molecule has 0 fully saturated rings. The Morgan fingerprint density at radius 2 is 2.32 bits per heavy atom. The van der Waals surface area contributed by atoms with E-state index in [-0.39, 0.29) is 22.4 Å². The number of nitro groups is 1. The summed E-state index contributed by atoms with van der Waals surface area (Å²) in [5.74, 6) is -0.499. The molecule has 1 aromatic heterocycles. The van der Waals surface area contributed by atoms with Crippen LogP contribution in [0.25, 0.3) is 0 Å². The van der Waals surface area contributed by atoms with Gasteiger partial charge in [-0.2, -0.15) is 0 Å². The van der Waals surface area contributed by atoms with E-state index in [1.807, 2.05) is 0 Å². The van der Waals surface area contributed by atoms with Crippen molar-refractivity contribution in [2.75, 3.05) is 20.8 Å². The van der Waals surface area contributed by atoms with Crippen LogP contribution in [-0.2, 0) is 4.74 Å². The fraction of sp³-hybridized carbons (Fsp3) is 0.455. The predicted molar refractivity (Wildman–Crippen MR) is 69.3 cm³/mol. The molecule has 7 nitrogen and oxygen atoms in total. The van der Waals surface area contributed by atoms with Gasteiger partial charge in [-0.05, 0) is 13.0 Å². The molecule has 1 aromatic rings. The monoisotopic (exact) mass is 287 g/mol. The number of carbonyl (C=O) groups excluding carboxylic acids is 1. The summed E-state index contributed by atoms with van der Waals surface area (Å²) in [6, 6.07) is 0.974. The topological polar surface area (TPSA) is 85.6 Å². The molecule has 0 bridgehead atoms. The van der Waals surface area contributed by atoms with Gasteiger partial charge >= 0.3 is 0 Å². The number of rotatable bonds is 5. The summed E-state index contributed by atoms with van der Waals surface area (Å²) in [6.45, 7) is 2.10. The lowest BCUT2D eigenvalue weighted by Gasteiger charge is -2.24. The molecule has 0 aliphatic heterocycles. The molecule has 0 saturated carbocycles. The van der Waals surface area contributed by atoms with E-state index in [1.54, 1.807) is 14.0 Å². The van der Waals surface area contributed by atoms with Crippen molar-refractivity contribution in [2.24, 2.45) is 0 Å². The Hall–Kier alpha value is -1.73. The highest BCUT2D eigenvalue weighted by atomic mass is 35.5. The van der Waals surface area contributed by atoms with Crippen LogP contribution in [0, 0.1) is 10.1 Å². The van der Waals surface area contributed by atoms with Gasteiger partial charge < -0.3 is 9.64 Å². The summed E-state index contributed by atoms with van der Waals surface area (Å²) in [5.41, 5.74) is -0.457. The molecule has 1 atom stereocenters. The zero-order chi connectivity index (χ0) is 14.6. The standard InChI is InChI=1S/C11H14ClN3O4/c1-7(6-19-3)14(2)11(16)8-4-10(12)13-5-9(8)15(17)18/h4-5,7H,6H2,1-3H3. The Morgan fingerprint density at radius 3 is 2.84 bits per heavy atom. The zero-order valence-corrected chi connectivity index (χ0v) is 11.5. The van der Waals surface area contributed by atoms with Crippen LogP contribution in [0.4, 0.5) is 5.69 Å². The minimum Gasteiger partial charge on any atom is -0.383 e. The van der Waals surface area contributed by atoms with Crippen LogP contribution in [0.2, 0.25) is 5.15 Å². The molecular formula is C11H14ClN3O4. The largest absolute Gasteiger partial charge is 0.383 e. The van der Waals surface area contributed by atoms with E-state index in [0.717, 1.165) is 6.20 Å². The number of amides is 1. The summed E-state index contributed by atoms with van der Waals surface area (Å²) in [4.78, 5) is 27.4. The number of carbonyl (C=O) groups is 1. The molecule has 104 valence electrons. The van der Waals surface area contributed by atoms with E-state index >= 15 is 0 Å². The minimum absolute atomic E-state index is 0.0294. The van der Waals surface area contributed by atoms with Crippen molar-refractivity contribution in [3.63, 3.8) is 0 Å². The highest BCUT2D eigenvalue weighted by Crippen LogP contribution is 2.22. The van der Waals surface area contributed by atoms with Gasteiger partial charge in [0.15, 0.2) is 0 Å². The molecule has 0 aromatic carbocycles. The van der Waals surface area contributed by atoms with E-state index in [2.05, 4.69) is 4.98 Å². The SMILES string of the molecule is COCC(C)N(C)C(=O)c1cc(Cl)ncc1[N+](=O)[O-]. The summed E-state index contributed by atoms with van der Waals surface area (Å²) < 4.78 is 4.95. The lowest BCUT2D eigenvalue weighted by Crippen LogP contribution is -2.38. The minimum atomic E-state index is -0.661. The molecule has 0 saturated heterocycles. The van der Waals surface area contributed by atoms with Crippen molar-refractivity contribution in [2.45, 2.75) is 13.0 Å². The highest BCUT2D eigenvalue weighted by molar-refractivity contribution is 6.29. The third kappa shape index (κ3) is 3.62. The summed E-state index contributed by atoms with van der Waals surface area (Å²) in [7, 11) is 3.06. The number of methoxy groups -OCH3 is 1. The molecule has 1 rings (SSSR count). The summed E-state index contributed by atoms with van der Waals surface area (Å²) >= 11 is 5.68. The smallest absolute Gasteiger partial charge is 0.300 e. The van der Waals surface area contributed by atoms with Crippen LogP contribution in [0.15, 0.2) is 12.3 Å². The first-order chi connectivity index (χ1) is 8.88. The van der Waals surface area contributed by atoms with Crippen LogP contribution < -0.4 is 0 Å². The molecule has 0 spiro atoms. The Kier molecular flexibility index (Phi) is 5.20. The number of likely N-dealkylation sites (N-methyl/N-ethyl adjacent to an activating group) is 1. The maximum Gasteiger partial charge on any atom is 0.300 e. The molecule has 1 unspecified atom stereocenters. The maximum absolute atomic E-state index is 12.2. The van der Waals surface area contributed by atoms with Gasteiger partial charge in [-0.1, -0.05) is 11.6 Å². The van der Waals surface area contributed by atoms with Crippen molar-refractivity contribution in [3.05, 3.63) is 33.1 Å². The molecule has 0 N–H and O–H groups in total. The molecular weight excluding hydrogens is 274 g/mol. The molecule has 8 heteroatoms. The first kappa shape index (κ1) is 15.3. The average Bonchev–Trinajstić information content (AvgIpc) is 2.36. The number of halogens is 1. The van der Waals surface area contributed by atoms with Crippen molar-refractivity contribution < 1.29 is 14.5 Å². The quantitative estimate of drug-likeness (QED) is 0.468. The highest BCUT2D eigenvalue weighted by Gasteiger charge is 2.26. The van der Waals surface area contributed by atoms with E-state index in [4.69, 9.17) is 16.3 Å². The van der Waals surface area contributed by atoms with E-state index in [0.29, 0.717) is 6.61 Å². The number of aromatic nitrogens is 1. The number of nitrogens with zero attached hydrogens (tertiary/aromatic N) is 3. The first-order valence-corrected chi connectivity index (χ1v) is 5.82. The summed E-state index contributed by atoms with van der Waals surface area (Å²) in [5, 5.41) is 10.9. The van der Waals surface area contributed by atoms with Gasteiger partial charge in [0.25, 0.3) is 11.6 Å². The molecule has 19 heavy (non-hydrogen) atoms. The van der Waals surface area contributed by atoms with Gasteiger partial charge in [-0.3, -0.25) is 14.9 Å². The number of hydrogen-bond acceptors (Lipinski definition) is 5. The fourth-order valence-corrected chi connectivity index (χ4v) is 1.64. The lowest BCUT2D eigenvalue weighted by atomic mass is 10.2. The van der Waals surface area contributed by atoms with Crippen molar-refractivity contribution in [1.29, 1.82) is 0 Å². The van der Waals surface area contributed by atoms with Crippen LogP contribution in [0.3, 0.4) is 0 Å². The normalized spacial score (nSPS) is 12.0. The Morgan fingerprint density at radius 1 is 1.68 bits per heavy atom. The van der Waals surface area contributed by atoms with Crippen molar-refractivity contribution in [1.82, 2.24) is 9.88 Å². The van der Waals surface area contributed by atoms with E-state index in [9.17, 15) is 14.9 Å². The second kappa shape index (κ2) is 6.44. The lowest BCUT2D eigenvalue weighted by molar-refractivity contribution is -0.385. The third-order valence-corrected chi connectivity index (χ3v) is 2.87. The summed E-state index contributed by atoms with van der Waals surface area (Å²) in [6.07, 6.45) is 0.977. The van der Waals surface area contributed by atoms with Crippen LogP contribution in [0.1, 0.15) is 17.3 Å². The van der Waals surface area contributed by atoms with Crippen LogP contribution in [-0.4, -0.2) is 47.5 Å². The fourth-order valence-electron chi connectivity index (χ4n) is 1.48. The number of pyridine rings is 1. The van der Waals surface area contributed by atoms with Gasteiger partial charge in [0.2, 0.25) is 0 Å². The number of hydrogen-bond donors (Lipinski definition) is 0. The molecule has 1 heterocycles. The van der Waals surface area contributed by atoms with E-state index in [1.165, 1.54) is 18.1 Å². The van der Waals surface area contributed by atoms with Crippen molar-refractivity contribution >= 4 is 23.2 Å². The Bertz CT molecular complexity index is 495. The Balaban J connectivity index is 3.11. The molecule has 0 radical (unpaired) electrons. The third-order valence-electron chi connectivity index (χ3n) is 2.67. The van der Waals surface area contributed by atoms with E-state index < -0.39 is 10.8 Å². The van der Waals surface area contributed by atoms with Crippen LogP contribution >= 0.6 is 11.6 Å². The Labute approximate surface area is 115 Å². The van der Waals surface area contributed by atoms with Crippen LogP contribution in [0.5, 0.6) is 0 Å². The molecule has 0 aliphatic rings. The zero-order valence-electron chi connectivity index (χ0n) is 10.8. The second-order valence-corrected chi connectivity index (χ2v) is 4.39. The van der Waals surface area contributed by atoms with Gasteiger partial charge in [-0.15, -0.1) is 0 Å². The van der Waals surface area contributed by atoms with Gasteiger partial charge in [0, 0.05) is 14.2 Å². The molecule has 1 amide bonds. The second-order valence-electron chi connectivity index (χ2n) is 4.00. The average molecular weight is 288 g/mol.